The second kappa shape index (κ2) is 9.03. The molecule has 3 rings (SSSR count). The molecule has 2 aromatic carbocycles. The first-order valence-electron chi connectivity index (χ1n) is 10.1. The van der Waals surface area contributed by atoms with Crippen molar-refractivity contribution in [3.8, 4) is 17.0 Å². The minimum absolute atomic E-state index is 0.0268. The van der Waals surface area contributed by atoms with Crippen LogP contribution in [0.3, 0.4) is 0 Å². The molecule has 182 valence electrons. The van der Waals surface area contributed by atoms with E-state index in [1.807, 2.05) is 20.8 Å². The summed E-state index contributed by atoms with van der Waals surface area (Å²) in [5, 5.41) is 5.94. The van der Waals surface area contributed by atoms with E-state index in [0.717, 1.165) is 18.2 Å². The van der Waals surface area contributed by atoms with Crippen molar-refractivity contribution >= 4 is 17.5 Å². The van der Waals surface area contributed by atoms with Crippen molar-refractivity contribution in [1.82, 2.24) is 9.97 Å². The highest BCUT2D eigenvalue weighted by Gasteiger charge is 2.33. The van der Waals surface area contributed by atoms with Crippen molar-refractivity contribution < 1.29 is 31.1 Å². The topological polar surface area (TPSA) is 59.1 Å². The number of benzene rings is 2. The van der Waals surface area contributed by atoms with Crippen molar-refractivity contribution in [2.45, 2.75) is 45.8 Å². The molecule has 1 heterocycles. The van der Waals surface area contributed by atoms with Crippen molar-refractivity contribution in [1.29, 1.82) is 0 Å². The first-order chi connectivity index (χ1) is 15.6. The van der Waals surface area contributed by atoms with Gasteiger partial charge in [-0.3, -0.25) is 0 Å². The molecule has 0 spiro atoms. The fourth-order valence-corrected chi connectivity index (χ4v) is 3.12. The van der Waals surface area contributed by atoms with E-state index in [1.165, 1.54) is 37.3 Å². The maximum Gasteiger partial charge on any atom is 0.573 e. The number of nitrogens with zero attached hydrogens (tertiary/aromatic N) is 2. The number of alkyl halides is 6. The van der Waals surface area contributed by atoms with Crippen molar-refractivity contribution in [3.05, 3.63) is 59.7 Å². The largest absolute Gasteiger partial charge is 0.573 e. The summed E-state index contributed by atoms with van der Waals surface area (Å²) >= 11 is 0. The number of ether oxygens (including phenoxy) is 1. The number of hydrogen-bond donors (Lipinski definition) is 2. The summed E-state index contributed by atoms with van der Waals surface area (Å²) < 4.78 is 81.8. The lowest BCUT2D eigenvalue weighted by Crippen LogP contribution is -2.27. The van der Waals surface area contributed by atoms with Gasteiger partial charge in [-0.25, -0.2) is 4.98 Å². The molecule has 0 bridgehead atoms. The van der Waals surface area contributed by atoms with Gasteiger partial charge in [-0.1, -0.05) is 18.2 Å². The molecule has 0 aliphatic carbocycles. The van der Waals surface area contributed by atoms with Crippen LogP contribution in [0.1, 0.15) is 31.9 Å². The fraction of sp³-hybridized carbons (Fsp3) is 0.304. The molecular weight excluding hydrogens is 462 g/mol. The van der Waals surface area contributed by atoms with E-state index in [0.29, 0.717) is 5.56 Å². The fourth-order valence-electron chi connectivity index (χ4n) is 3.12. The van der Waals surface area contributed by atoms with Gasteiger partial charge in [0.15, 0.2) is 0 Å². The van der Waals surface area contributed by atoms with Gasteiger partial charge in [0.05, 0.1) is 11.3 Å². The number of rotatable bonds is 5. The van der Waals surface area contributed by atoms with Gasteiger partial charge in [0, 0.05) is 22.9 Å². The van der Waals surface area contributed by atoms with Gasteiger partial charge >= 0.3 is 12.5 Å². The SMILES string of the molecule is Cc1c(Nc2cc(-c3cccc(OC(F)(F)F)c3)nc(NC(C)(C)C)n2)cccc1C(F)(F)F. The molecule has 0 amide bonds. The maximum absolute atomic E-state index is 13.3. The van der Waals surface area contributed by atoms with Crippen LogP contribution in [-0.4, -0.2) is 21.9 Å². The molecule has 0 saturated carbocycles. The highest BCUT2D eigenvalue weighted by molar-refractivity contribution is 5.70. The molecule has 0 aliphatic rings. The molecule has 0 radical (unpaired) electrons. The van der Waals surface area contributed by atoms with E-state index in [-0.39, 0.29) is 28.7 Å². The summed E-state index contributed by atoms with van der Waals surface area (Å²) in [6.45, 7) is 6.89. The predicted molar refractivity (Wildman–Crippen MR) is 117 cm³/mol. The Balaban J connectivity index is 2.06. The van der Waals surface area contributed by atoms with Gasteiger partial charge in [-0.2, -0.15) is 18.2 Å². The quantitative estimate of drug-likeness (QED) is 0.372. The van der Waals surface area contributed by atoms with Gasteiger partial charge < -0.3 is 15.4 Å². The Labute approximate surface area is 192 Å². The molecule has 1 aromatic heterocycles. The van der Waals surface area contributed by atoms with Crippen molar-refractivity contribution in [2.75, 3.05) is 10.6 Å². The number of anilines is 3. The summed E-state index contributed by atoms with van der Waals surface area (Å²) in [4.78, 5) is 8.70. The summed E-state index contributed by atoms with van der Waals surface area (Å²) in [6, 6.07) is 10.4. The Bertz CT molecular complexity index is 1170. The zero-order valence-corrected chi connectivity index (χ0v) is 18.7. The molecule has 34 heavy (non-hydrogen) atoms. The number of nitrogens with one attached hydrogen (secondary N) is 2. The molecule has 3 aromatic rings. The summed E-state index contributed by atoms with van der Waals surface area (Å²) in [7, 11) is 0. The van der Waals surface area contributed by atoms with Crippen molar-refractivity contribution in [2.24, 2.45) is 0 Å². The van der Waals surface area contributed by atoms with Crippen LogP contribution in [0.2, 0.25) is 0 Å². The summed E-state index contributed by atoms with van der Waals surface area (Å²) in [5.74, 6) is -0.141. The van der Waals surface area contributed by atoms with Crippen LogP contribution in [0, 0.1) is 6.92 Å². The smallest absolute Gasteiger partial charge is 0.406 e. The Hall–Kier alpha value is -3.50. The lowest BCUT2D eigenvalue weighted by Gasteiger charge is -2.22. The second-order valence-corrected chi connectivity index (χ2v) is 8.51. The van der Waals surface area contributed by atoms with Crippen LogP contribution in [0.25, 0.3) is 11.3 Å². The Morgan fingerprint density at radius 1 is 0.853 bits per heavy atom. The van der Waals surface area contributed by atoms with E-state index in [4.69, 9.17) is 0 Å². The number of halogens is 6. The maximum atomic E-state index is 13.3. The highest BCUT2D eigenvalue weighted by Crippen LogP contribution is 2.36. The van der Waals surface area contributed by atoms with E-state index in [9.17, 15) is 26.3 Å². The third-order valence-electron chi connectivity index (χ3n) is 4.48. The Kier molecular flexibility index (Phi) is 6.68. The van der Waals surface area contributed by atoms with Crippen LogP contribution in [-0.2, 0) is 6.18 Å². The monoisotopic (exact) mass is 484 g/mol. The average molecular weight is 484 g/mol. The van der Waals surface area contributed by atoms with Gasteiger partial charge in [0.25, 0.3) is 0 Å². The van der Waals surface area contributed by atoms with Crippen LogP contribution < -0.4 is 15.4 Å². The van der Waals surface area contributed by atoms with Gasteiger partial charge in [-0.15, -0.1) is 13.2 Å². The average Bonchev–Trinajstić information content (AvgIpc) is 2.66. The van der Waals surface area contributed by atoms with Crippen LogP contribution in [0.5, 0.6) is 5.75 Å². The Morgan fingerprint density at radius 2 is 1.53 bits per heavy atom. The summed E-state index contributed by atoms with van der Waals surface area (Å²) in [5.41, 5.74) is -0.580. The minimum atomic E-state index is -4.86. The highest BCUT2D eigenvalue weighted by atomic mass is 19.4. The van der Waals surface area contributed by atoms with Gasteiger partial charge in [-0.05, 0) is 57.5 Å². The molecule has 0 unspecified atom stereocenters. The lowest BCUT2D eigenvalue weighted by molar-refractivity contribution is -0.274. The third-order valence-corrected chi connectivity index (χ3v) is 4.48. The van der Waals surface area contributed by atoms with E-state index < -0.39 is 29.4 Å². The minimum Gasteiger partial charge on any atom is -0.406 e. The molecule has 5 nitrogen and oxygen atoms in total. The molecule has 0 fully saturated rings. The summed E-state index contributed by atoms with van der Waals surface area (Å²) in [6.07, 6.45) is -9.40. The van der Waals surface area contributed by atoms with Crippen LogP contribution in [0.4, 0.5) is 43.8 Å². The zero-order valence-electron chi connectivity index (χ0n) is 18.7. The van der Waals surface area contributed by atoms with Gasteiger partial charge in [0.2, 0.25) is 5.95 Å². The predicted octanol–water partition coefficient (Wildman–Crippen LogP) is 7.32. The first kappa shape index (κ1) is 25.1. The Morgan fingerprint density at radius 3 is 2.15 bits per heavy atom. The molecule has 0 atom stereocenters. The number of aromatic nitrogens is 2. The molecule has 0 aliphatic heterocycles. The molecule has 11 heteroatoms. The standard InChI is InChI=1S/C23H22F6N4O/c1-13-16(22(24,25)26)9-6-10-17(13)30-19-12-18(31-20(32-19)33-21(2,3)4)14-7-5-8-15(11-14)34-23(27,28)29/h5-12H,1-4H3,(H2,30,31,32,33). The normalized spacial score (nSPS) is 12.4. The first-order valence-corrected chi connectivity index (χ1v) is 10.1. The van der Waals surface area contributed by atoms with E-state index >= 15 is 0 Å². The molecular formula is C23H22F6N4O. The second-order valence-electron chi connectivity index (χ2n) is 8.51. The lowest BCUT2D eigenvalue weighted by atomic mass is 10.1. The number of hydrogen-bond acceptors (Lipinski definition) is 5. The van der Waals surface area contributed by atoms with Gasteiger partial charge in [0.1, 0.15) is 11.6 Å². The van der Waals surface area contributed by atoms with Crippen LogP contribution in [0.15, 0.2) is 48.5 Å². The molecule has 0 saturated heterocycles. The van der Waals surface area contributed by atoms with E-state index in [2.05, 4.69) is 25.3 Å². The van der Waals surface area contributed by atoms with Crippen molar-refractivity contribution in [3.63, 3.8) is 0 Å². The van der Waals surface area contributed by atoms with E-state index in [1.54, 1.807) is 0 Å². The zero-order chi connectivity index (χ0) is 25.3. The third kappa shape index (κ3) is 6.75. The van der Waals surface area contributed by atoms with Crippen LogP contribution >= 0.6 is 0 Å². The molecule has 2 N–H and O–H groups in total.